The van der Waals surface area contributed by atoms with Crippen molar-refractivity contribution in [1.29, 1.82) is 0 Å². The van der Waals surface area contributed by atoms with Crippen LogP contribution >= 0.6 is 0 Å². The average molecular weight is 350 g/mol. The quantitative estimate of drug-likeness (QED) is 0.795. The van der Waals surface area contributed by atoms with Gasteiger partial charge in [-0.25, -0.2) is 0 Å². The molecule has 0 atom stereocenters. The zero-order chi connectivity index (χ0) is 18.4. The van der Waals surface area contributed by atoms with Gasteiger partial charge in [-0.2, -0.15) is 13.2 Å². The monoisotopic (exact) mass is 350 g/mol. The molecule has 6 heteroatoms. The minimum atomic E-state index is -4.39. The smallest absolute Gasteiger partial charge is 0.378 e. The fourth-order valence-electron chi connectivity index (χ4n) is 2.37. The Morgan fingerprint density at radius 3 is 2.12 bits per heavy atom. The molecule has 0 aliphatic heterocycles. The van der Waals surface area contributed by atoms with Crippen LogP contribution in [-0.2, 0) is 12.6 Å². The zero-order valence-corrected chi connectivity index (χ0v) is 14.2. The van der Waals surface area contributed by atoms with Crippen LogP contribution in [0.1, 0.15) is 27.9 Å². The molecule has 0 aliphatic rings. The van der Waals surface area contributed by atoms with E-state index in [-0.39, 0.29) is 11.5 Å². The Kier molecular flexibility index (Phi) is 6.07. The molecule has 2 aromatic rings. The van der Waals surface area contributed by atoms with Gasteiger partial charge in [0.1, 0.15) is 0 Å². The molecule has 0 saturated heterocycles. The SMILES string of the molecule is CN(C)c1ccc(CCCNC(=O)c2ccc(C(F)(F)F)cc2)cc1. The first-order valence-corrected chi connectivity index (χ1v) is 7.99. The first kappa shape index (κ1) is 18.8. The molecule has 134 valence electrons. The molecule has 2 aromatic carbocycles. The number of hydrogen-bond acceptors (Lipinski definition) is 2. The van der Waals surface area contributed by atoms with Gasteiger partial charge in [0.25, 0.3) is 5.91 Å². The summed E-state index contributed by atoms with van der Waals surface area (Å²) in [6.07, 6.45) is -2.81. The summed E-state index contributed by atoms with van der Waals surface area (Å²) in [6, 6.07) is 12.4. The number of nitrogens with one attached hydrogen (secondary N) is 1. The van der Waals surface area contributed by atoms with Gasteiger partial charge in [0, 0.05) is 31.9 Å². The lowest BCUT2D eigenvalue weighted by Crippen LogP contribution is -2.24. The van der Waals surface area contributed by atoms with Gasteiger partial charge < -0.3 is 10.2 Å². The number of carbonyl (C=O) groups is 1. The van der Waals surface area contributed by atoms with E-state index in [4.69, 9.17) is 0 Å². The van der Waals surface area contributed by atoms with Crippen LogP contribution in [0.4, 0.5) is 18.9 Å². The van der Waals surface area contributed by atoms with Crippen LogP contribution in [0.2, 0.25) is 0 Å². The average Bonchev–Trinajstić information content (AvgIpc) is 2.58. The number of rotatable bonds is 6. The summed E-state index contributed by atoms with van der Waals surface area (Å²) in [7, 11) is 3.96. The van der Waals surface area contributed by atoms with E-state index in [2.05, 4.69) is 5.32 Å². The molecule has 0 aliphatic carbocycles. The first-order valence-electron chi connectivity index (χ1n) is 7.99. The molecule has 0 bridgehead atoms. The van der Waals surface area contributed by atoms with Crippen LogP contribution in [0, 0.1) is 0 Å². The van der Waals surface area contributed by atoms with E-state index in [0.717, 1.165) is 30.7 Å². The number of aryl methyl sites for hydroxylation is 1. The third-order valence-corrected chi connectivity index (χ3v) is 3.85. The van der Waals surface area contributed by atoms with Gasteiger partial charge in [-0.3, -0.25) is 4.79 Å². The van der Waals surface area contributed by atoms with Crippen molar-refractivity contribution in [2.24, 2.45) is 0 Å². The lowest BCUT2D eigenvalue weighted by molar-refractivity contribution is -0.137. The number of alkyl halides is 3. The summed E-state index contributed by atoms with van der Waals surface area (Å²) >= 11 is 0. The van der Waals surface area contributed by atoms with Crippen LogP contribution in [0.5, 0.6) is 0 Å². The van der Waals surface area contributed by atoms with Crippen LogP contribution in [-0.4, -0.2) is 26.5 Å². The normalized spacial score (nSPS) is 11.2. The first-order chi connectivity index (χ1) is 11.8. The molecular formula is C19H21F3N2O. The van der Waals surface area contributed by atoms with Crippen LogP contribution in [0.15, 0.2) is 48.5 Å². The number of nitrogens with zero attached hydrogens (tertiary/aromatic N) is 1. The second-order valence-electron chi connectivity index (χ2n) is 6.00. The summed E-state index contributed by atoms with van der Waals surface area (Å²) in [4.78, 5) is 14.0. The summed E-state index contributed by atoms with van der Waals surface area (Å²) in [5, 5.41) is 2.73. The third-order valence-electron chi connectivity index (χ3n) is 3.85. The second-order valence-corrected chi connectivity index (χ2v) is 6.00. The Hall–Kier alpha value is -2.50. The summed E-state index contributed by atoms with van der Waals surface area (Å²) in [6.45, 7) is 0.468. The van der Waals surface area contributed by atoms with Crippen molar-refractivity contribution in [3.8, 4) is 0 Å². The van der Waals surface area contributed by atoms with Gasteiger partial charge in [-0.15, -0.1) is 0 Å². The van der Waals surface area contributed by atoms with E-state index in [1.807, 2.05) is 43.3 Å². The summed E-state index contributed by atoms with van der Waals surface area (Å²) < 4.78 is 37.5. The minimum Gasteiger partial charge on any atom is -0.378 e. The van der Waals surface area contributed by atoms with Crippen molar-refractivity contribution < 1.29 is 18.0 Å². The Balaban J connectivity index is 1.78. The molecule has 25 heavy (non-hydrogen) atoms. The second kappa shape index (κ2) is 8.05. The highest BCUT2D eigenvalue weighted by Gasteiger charge is 2.30. The van der Waals surface area contributed by atoms with Crippen molar-refractivity contribution >= 4 is 11.6 Å². The third kappa shape index (κ3) is 5.52. The maximum atomic E-state index is 12.5. The van der Waals surface area contributed by atoms with Crippen LogP contribution in [0.3, 0.4) is 0 Å². The number of halogens is 3. The number of amides is 1. The number of anilines is 1. The van der Waals surface area contributed by atoms with Gasteiger partial charge in [-0.05, 0) is 54.8 Å². The topological polar surface area (TPSA) is 32.3 Å². The highest BCUT2D eigenvalue weighted by Crippen LogP contribution is 2.29. The Bertz CT molecular complexity index is 692. The molecule has 1 N–H and O–H groups in total. The van der Waals surface area contributed by atoms with Gasteiger partial charge in [-0.1, -0.05) is 12.1 Å². The molecule has 0 radical (unpaired) electrons. The summed E-state index contributed by atoms with van der Waals surface area (Å²) in [5.74, 6) is -0.364. The Labute approximate surface area is 145 Å². The van der Waals surface area contributed by atoms with E-state index in [0.29, 0.717) is 6.54 Å². The van der Waals surface area contributed by atoms with Crippen LogP contribution < -0.4 is 10.2 Å². The molecule has 0 fully saturated rings. The molecular weight excluding hydrogens is 329 g/mol. The van der Waals surface area contributed by atoms with E-state index in [1.54, 1.807) is 0 Å². The lowest BCUT2D eigenvalue weighted by Gasteiger charge is -2.12. The number of carbonyl (C=O) groups excluding carboxylic acids is 1. The van der Waals surface area contributed by atoms with Gasteiger partial charge >= 0.3 is 6.18 Å². The van der Waals surface area contributed by atoms with Gasteiger partial charge in [0.2, 0.25) is 0 Å². The molecule has 0 saturated carbocycles. The highest BCUT2D eigenvalue weighted by molar-refractivity contribution is 5.94. The molecule has 0 aromatic heterocycles. The summed E-state index contributed by atoms with van der Waals surface area (Å²) in [5.41, 5.74) is 1.77. The van der Waals surface area contributed by atoms with Gasteiger partial charge in [0.15, 0.2) is 0 Å². The Morgan fingerprint density at radius 2 is 1.60 bits per heavy atom. The molecule has 0 heterocycles. The van der Waals surface area contributed by atoms with E-state index < -0.39 is 11.7 Å². The Morgan fingerprint density at radius 1 is 1.00 bits per heavy atom. The number of hydrogen-bond donors (Lipinski definition) is 1. The molecule has 2 rings (SSSR count). The molecule has 3 nitrogen and oxygen atoms in total. The van der Waals surface area contributed by atoms with Crippen molar-refractivity contribution in [3.05, 3.63) is 65.2 Å². The lowest BCUT2D eigenvalue weighted by atomic mass is 10.1. The maximum absolute atomic E-state index is 12.5. The standard InChI is InChI=1S/C19H21F3N2O/c1-24(2)17-11-5-14(6-12-17)4-3-13-23-18(25)15-7-9-16(10-8-15)19(20,21)22/h5-12H,3-4,13H2,1-2H3,(H,23,25). The van der Waals surface area contributed by atoms with Crippen molar-refractivity contribution in [2.75, 3.05) is 25.5 Å². The van der Waals surface area contributed by atoms with Gasteiger partial charge in [0.05, 0.1) is 5.56 Å². The number of benzene rings is 2. The van der Waals surface area contributed by atoms with E-state index in [9.17, 15) is 18.0 Å². The zero-order valence-electron chi connectivity index (χ0n) is 14.2. The van der Waals surface area contributed by atoms with Crippen molar-refractivity contribution in [1.82, 2.24) is 5.32 Å². The van der Waals surface area contributed by atoms with Crippen molar-refractivity contribution in [2.45, 2.75) is 19.0 Å². The largest absolute Gasteiger partial charge is 0.416 e. The minimum absolute atomic E-state index is 0.225. The maximum Gasteiger partial charge on any atom is 0.416 e. The van der Waals surface area contributed by atoms with Crippen LogP contribution in [0.25, 0.3) is 0 Å². The van der Waals surface area contributed by atoms with Crippen molar-refractivity contribution in [3.63, 3.8) is 0 Å². The fraction of sp³-hybridized carbons (Fsp3) is 0.316. The molecule has 1 amide bonds. The molecule has 0 unspecified atom stereocenters. The van der Waals surface area contributed by atoms with E-state index >= 15 is 0 Å². The molecule has 0 spiro atoms. The fourth-order valence-corrected chi connectivity index (χ4v) is 2.37. The van der Waals surface area contributed by atoms with E-state index in [1.165, 1.54) is 17.7 Å². The predicted molar refractivity (Wildman–Crippen MR) is 92.9 cm³/mol. The predicted octanol–water partition coefficient (Wildman–Crippen LogP) is 4.13. The highest BCUT2D eigenvalue weighted by atomic mass is 19.4.